The summed E-state index contributed by atoms with van der Waals surface area (Å²) in [5.41, 5.74) is 2.25. The number of hydrogen-bond donors (Lipinski definition) is 0. The summed E-state index contributed by atoms with van der Waals surface area (Å²) in [6.07, 6.45) is 1.67. The molecule has 1 aromatic rings. The van der Waals surface area contributed by atoms with E-state index in [4.69, 9.17) is 12.2 Å². The minimum atomic E-state index is -0.0555. The van der Waals surface area contributed by atoms with Crippen LogP contribution in [0.3, 0.4) is 0 Å². The molecule has 1 aliphatic rings. The van der Waals surface area contributed by atoms with Crippen LogP contribution in [0.5, 0.6) is 0 Å². The van der Waals surface area contributed by atoms with Crippen molar-refractivity contribution < 1.29 is 4.79 Å². The normalized spacial score (nSPS) is 16.3. The molecule has 18 heavy (non-hydrogen) atoms. The standard InChI is InChI=1S/C13H14N2OS2/c1-9(2)11-5-3-10(4-6-11)7-14-15-12(16)8-18-13(15)17/h3-7,9H,8H2,1-2H3/b14-7+. The number of benzene rings is 1. The van der Waals surface area contributed by atoms with E-state index in [1.54, 1.807) is 6.21 Å². The summed E-state index contributed by atoms with van der Waals surface area (Å²) in [6.45, 7) is 4.31. The van der Waals surface area contributed by atoms with Crippen LogP contribution in [-0.2, 0) is 4.79 Å². The van der Waals surface area contributed by atoms with E-state index in [9.17, 15) is 4.79 Å². The third-order valence-electron chi connectivity index (χ3n) is 2.65. The molecule has 0 unspecified atom stereocenters. The Morgan fingerprint density at radius 2 is 2.06 bits per heavy atom. The number of thiocarbonyl (C=S) groups is 1. The Bertz CT molecular complexity index is 478. The van der Waals surface area contributed by atoms with Gasteiger partial charge in [-0.1, -0.05) is 62.1 Å². The molecule has 0 bridgehead atoms. The van der Waals surface area contributed by atoms with E-state index in [1.165, 1.54) is 22.3 Å². The maximum atomic E-state index is 11.5. The van der Waals surface area contributed by atoms with Gasteiger partial charge >= 0.3 is 0 Å². The maximum Gasteiger partial charge on any atom is 0.259 e. The number of carbonyl (C=O) groups is 1. The second-order valence-corrected chi connectivity index (χ2v) is 5.94. The molecule has 3 nitrogen and oxygen atoms in total. The number of amides is 1. The Labute approximate surface area is 116 Å². The van der Waals surface area contributed by atoms with Gasteiger partial charge in [-0.05, 0) is 17.0 Å². The maximum absolute atomic E-state index is 11.5. The second kappa shape index (κ2) is 5.63. The molecule has 0 atom stereocenters. The van der Waals surface area contributed by atoms with Gasteiger partial charge in [-0.15, -0.1) is 0 Å². The first-order chi connectivity index (χ1) is 8.58. The van der Waals surface area contributed by atoms with Crippen molar-refractivity contribution in [1.82, 2.24) is 5.01 Å². The molecule has 1 aromatic carbocycles. The molecule has 1 saturated heterocycles. The fourth-order valence-electron chi connectivity index (χ4n) is 1.55. The summed E-state index contributed by atoms with van der Waals surface area (Å²) < 4.78 is 0.523. The van der Waals surface area contributed by atoms with Crippen molar-refractivity contribution in [3.05, 3.63) is 35.4 Å². The molecule has 1 heterocycles. The highest BCUT2D eigenvalue weighted by Gasteiger charge is 2.25. The van der Waals surface area contributed by atoms with E-state index in [1.807, 2.05) is 12.1 Å². The molecular formula is C13H14N2OS2. The van der Waals surface area contributed by atoms with Crippen LogP contribution in [0, 0.1) is 0 Å². The van der Waals surface area contributed by atoms with Gasteiger partial charge in [-0.2, -0.15) is 10.1 Å². The Morgan fingerprint density at radius 1 is 1.39 bits per heavy atom. The number of rotatable bonds is 3. The van der Waals surface area contributed by atoms with E-state index >= 15 is 0 Å². The van der Waals surface area contributed by atoms with Gasteiger partial charge in [0, 0.05) is 0 Å². The predicted molar refractivity (Wildman–Crippen MR) is 80.0 cm³/mol. The lowest BCUT2D eigenvalue weighted by Gasteiger charge is -2.07. The van der Waals surface area contributed by atoms with Crippen LogP contribution in [0.1, 0.15) is 30.9 Å². The Morgan fingerprint density at radius 3 is 2.56 bits per heavy atom. The highest BCUT2D eigenvalue weighted by Crippen LogP contribution is 2.19. The van der Waals surface area contributed by atoms with Crippen LogP contribution in [0.2, 0.25) is 0 Å². The molecule has 94 valence electrons. The van der Waals surface area contributed by atoms with E-state index in [-0.39, 0.29) is 5.91 Å². The molecule has 0 aromatic heterocycles. The monoisotopic (exact) mass is 278 g/mol. The summed E-state index contributed by atoms with van der Waals surface area (Å²) in [5, 5.41) is 5.41. The van der Waals surface area contributed by atoms with Gasteiger partial charge in [0.1, 0.15) is 0 Å². The van der Waals surface area contributed by atoms with Crippen molar-refractivity contribution in [2.45, 2.75) is 19.8 Å². The van der Waals surface area contributed by atoms with Crippen LogP contribution < -0.4 is 0 Å². The molecule has 0 radical (unpaired) electrons. The average molecular weight is 278 g/mol. The van der Waals surface area contributed by atoms with Crippen LogP contribution >= 0.6 is 24.0 Å². The largest absolute Gasteiger partial charge is 0.272 e. The quantitative estimate of drug-likeness (QED) is 0.629. The number of hydrazone groups is 1. The number of carbonyl (C=O) groups excluding carboxylic acids is 1. The fraction of sp³-hybridized carbons (Fsp3) is 0.308. The summed E-state index contributed by atoms with van der Waals surface area (Å²) in [7, 11) is 0. The zero-order valence-electron chi connectivity index (χ0n) is 10.3. The van der Waals surface area contributed by atoms with Gasteiger partial charge < -0.3 is 0 Å². The zero-order valence-corrected chi connectivity index (χ0v) is 11.9. The van der Waals surface area contributed by atoms with Crippen molar-refractivity contribution in [2.24, 2.45) is 5.10 Å². The first-order valence-corrected chi connectivity index (χ1v) is 7.11. The topological polar surface area (TPSA) is 32.7 Å². The Kier molecular flexibility index (Phi) is 4.14. The summed E-state index contributed by atoms with van der Waals surface area (Å²) in [5.74, 6) is 0.850. The van der Waals surface area contributed by atoms with Gasteiger partial charge in [0.15, 0.2) is 4.32 Å². The summed E-state index contributed by atoms with van der Waals surface area (Å²) in [4.78, 5) is 11.5. The lowest BCUT2D eigenvalue weighted by Crippen LogP contribution is -2.22. The average Bonchev–Trinajstić information content (AvgIpc) is 2.67. The Balaban J connectivity index is 2.09. The SMILES string of the molecule is CC(C)c1ccc(/C=N/N2C(=O)CSC2=S)cc1. The zero-order chi connectivity index (χ0) is 13.1. The van der Waals surface area contributed by atoms with Crippen LogP contribution in [0.15, 0.2) is 29.4 Å². The highest BCUT2D eigenvalue weighted by molar-refractivity contribution is 8.23. The first kappa shape index (κ1) is 13.2. The number of thioether (sulfide) groups is 1. The smallest absolute Gasteiger partial charge is 0.259 e. The van der Waals surface area contributed by atoms with E-state index in [0.29, 0.717) is 16.0 Å². The van der Waals surface area contributed by atoms with Gasteiger partial charge in [-0.3, -0.25) is 4.79 Å². The van der Waals surface area contributed by atoms with Crippen molar-refractivity contribution in [3.63, 3.8) is 0 Å². The highest BCUT2D eigenvalue weighted by atomic mass is 32.2. The predicted octanol–water partition coefficient (Wildman–Crippen LogP) is 3.00. The lowest BCUT2D eigenvalue weighted by molar-refractivity contribution is -0.123. The van der Waals surface area contributed by atoms with Gasteiger partial charge in [-0.25, -0.2) is 0 Å². The van der Waals surface area contributed by atoms with Crippen molar-refractivity contribution in [1.29, 1.82) is 0 Å². The first-order valence-electron chi connectivity index (χ1n) is 5.71. The third kappa shape index (κ3) is 2.97. The van der Waals surface area contributed by atoms with Crippen molar-refractivity contribution >= 4 is 40.4 Å². The van der Waals surface area contributed by atoms with Gasteiger partial charge in [0.05, 0.1) is 12.0 Å². The van der Waals surface area contributed by atoms with E-state index in [2.05, 4.69) is 31.1 Å². The second-order valence-electron chi connectivity index (χ2n) is 4.33. The molecular weight excluding hydrogens is 264 g/mol. The van der Waals surface area contributed by atoms with Crippen LogP contribution in [-0.4, -0.2) is 27.2 Å². The van der Waals surface area contributed by atoms with Crippen molar-refractivity contribution in [2.75, 3.05) is 5.75 Å². The number of hydrogen-bond acceptors (Lipinski definition) is 4. The molecule has 1 fully saturated rings. The summed E-state index contributed by atoms with van der Waals surface area (Å²) in [6, 6.07) is 8.14. The molecule has 2 rings (SSSR count). The molecule has 0 N–H and O–H groups in total. The molecule has 0 spiro atoms. The van der Waals surface area contributed by atoms with E-state index in [0.717, 1.165) is 5.56 Å². The molecule has 1 amide bonds. The van der Waals surface area contributed by atoms with Crippen molar-refractivity contribution in [3.8, 4) is 0 Å². The van der Waals surface area contributed by atoms with Gasteiger partial charge in [0.2, 0.25) is 0 Å². The summed E-state index contributed by atoms with van der Waals surface area (Å²) >= 11 is 6.39. The van der Waals surface area contributed by atoms with Crippen LogP contribution in [0.4, 0.5) is 0 Å². The minimum absolute atomic E-state index is 0.0555. The van der Waals surface area contributed by atoms with Gasteiger partial charge in [0.25, 0.3) is 5.91 Å². The lowest BCUT2D eigenvalue weighted by atomic mass is 10.0. The minimum Gasteiger partial charge on any atom is -0.272 e. The number of nitrogens with zero attached hydrogens (tertiary/aromatic N) is 2. The fourth-order valence-corrected chi connectivity index (χ4v) is 2.52. The molecule has 0 saturated carbocycles. The molecule has 5 heteroatoms. The third-order valence-corrected chi connectivity index (χ3v) is 3.99. The molecule has 0 aliphatic carbocycles. The molecule has 1 aliphatic heterocycles. The van der Waals surface area contributed by atoms with Crippen LogP contribution in [0.25, 0.3) is 0 Å². The van der Waals surface area contributed by atoms with E-state index < -0.39 is 0 Å². The Hall–Kier alpha value is -1.20.